The van der Waals surface area contributed by atoms with Crippen molar-refractivity contribution in [1.29, 1.82) is 0 Å². The summed E-state index contributed by atoms with van der Waals surface area (Å²) in [5, 5.41) is 1.94. The van der Waals surface area contributed by atoms with E-state index in [2.05, 4.69) is 0 Å². The van der Waals surface area contributed by atoms with Gasteiger partial charge in [0, 0.05) is 10.6 Å². The zero-order valence-corrected chi connectivity index (χ0v) is 17.2. The van der Waals surface area contributed by atoms with Gasteiger partial charge in [0.15, 0.2) is 9.84 Å². The summed E-state index contributed by atoms with van der Waals surface area (Å²) in [6, 6.07) is 21.7. The molecule has 1 amide bonds. The molecule has 7 heteroatoms. The maximum absolute atomic E-state index is 13.6. The maximum atomic E-state index is 13.6. The zero-order valence-electron chi connectivity index (χ0n) is 15.5. The number of thiophene rings is 1. The van der Waals surface area contributed by atoms with E-state index in [1.54, 1.807) is 35.2 Å². The lowest BCUT2D eigenvalue weighted by Gasteiger charge is -2.27. The van der Waals surface area contributed by atoms with Gasteiger partial charge in [-0.3, -0.25) is 4.79 Å². The van der Waals surface area contributed by atoms with Gasteiger partial charge >= 0.3 is 0 Å². The minimum Gasteiger partial charge on any atom is -0.486 e. The van der Waals surface area contributed by atoms with Crippen LogP contribution in [0.5, 0.6) is 0 Å². The molecule has 148 valence electrons. The van der Waals surface area contributed by atoms with Gasteiger partial charge in [-0.2, -0.15) is 0 Å². The molecule has 2 aromatic carbocycles. The molecular weight excluding hydrogens is 406 g/mol. The van der Waals surface area contributed by atoms with E-state index < -0.39 is 15.7 Å². The molecule has 1 aromatic heterocycles. The molecule has 0 unspecified atom stereocenters. The lowest BCUT2D eigenvalue weighted by molar-refractivity contribution is -0.118. The molecule has 5 nitrogen and oxygen atoms in total. The van der Waals surface area contributed by atoms with Crippen LogP contribution in [0.15, 0.2) is 83.9 Å². The van der Waals surface area contributed by atoms with Crippen LogP contribution in [0.25, 0.3) is 4.91 Å². The molecule has 0 aliphatic carbocycles. The predicted molar refractivity (Wildman–Crippen MR) is 115 cm³/mol. The normalized spacial score (nSPS) is 15.6. The van der Waals surface area contributed by atoms with Crippen molar-refractivity contribution in [2.75, 3.05) is 17.3 Å². The third-order valence-corrected chi connectivity index (χ3v) is 7.16. The van der Waals surface area contributed by atoms with Gasteiger partial charge in [0.05, 0.1) is 12.3 Å². The van der Waals surface area contributed by atoms with Crippen LogP contribution in [-0.2, 0) is 25.9 Å². The molecule has 0 fully saturated rings. The van der Waals surface area contributed by atoms with E-state index >= 15 is 0 Å². The summed E-state index contributed by atoms with van der Waals surface area (Å²) in [4.78, 5) is 16.1. The zero-order chi connectivity index (χ0) is 20.3. The van der Waals surface area contributed by atoms with Gasteiger partial charge in [-0.25, -0.2) is 8.42 Å². The second-order valence-electron chi connectivity index (χ2n) is 6.50. The van der Waals surface area contributed by atoms with Crippen LogP contribution < -0.4 is 4.90 Å². The minimum atomic E-state index is -3.64. The average molecular weight is 426 g/mol. The van der Waals surface area contributed by atoms with Crippen LogP contribution in [0, 0.1) is 0 Å². The Bertz CT molecular complexity index is 1120. The molecule has 1 aliphatic heterocycles. The number of benzene rings is 2. The molecule has 2 heterocycles. The Morgan fingerprint density at radius 2 is 1.66 bits per heavy atom. The Kier molecular flexibility index (Phi) is 5.51. The largest absolute Gasteiger partial charge is 0.486 e. The number of carbonyl (C=O) groups excluding carboxylic acids is 1. The number of hydrogen-bond acceptors (Lipinski definition) is 5. The van der Waals surface area contributed by atoms with E-state index in [4.69, 9.17) is 4.74 Å². The summed E-state index contributed by atoms with van der Waals surface area (Å²) in [5.74, 6) is -0.737. The van der Waals surface area contributed by atoms with Gasteiger partial charge in [-0.15, -0.1) is 11.3 Å². The average Bonchev–Trinajstić information content (AvgIpc) is 3.25. The second-order valence-corrected chi connectivity index (χ2v) is 9.58. The Labute approximate surface area is 173 Å². The highest BCUT2D eigenvalue weighted by Crippen LogP contribution is 2.32. The van der Waals surface area contributed by atoms with Crippen LogP contribution in [-0.4, -0.2) is 26.7 Å². The Morgan fingerprint density at radius 3 is 2.31 bits per heavy atom. The van der Waals surface area contributed by atoms with E-state index in [0.29, 0.717) is 17.8 Å². The standard InChI is InChI=1S/C22H19NO4S2/c24-22(23(16-19-12-7-14-28-19)18-10-5-2-6-11-18)20-21(17-8-3-1-4-9-17)29(25,26)15-13-27-20/h1-12,14H,13,15-16H2. The number of hydrogen-bond donors (Lipinski definition) is 0. The smallest absolute Gasteiger partial charge is 0.295 e. The van der Waals surface area contributed by atoms with E-state index in [-0.39, 0.29) is 23.0 Å². The van der Waals surface area contributed by atoms with Gasteiger partial charge in [-0.1, -0.05) is 54.6 Å². The number of sulfone groups is 1. The summed E-state index contributed by atoms with van der Waals surface area (Å²) in [6.45, 7) is 0.289. The Morgan fingerprint density at radius 1 is 0.966 bits per heavy atom. The van der Waals surface area contributed by atoms with Crippen LogP contribution in [0.4, 0.5) is 5.69 Å². The molecule has 0 N–H and O–H groups in total. The van der Waals surface area contributed by atoms with Crippen molar-refractivity contribution >= 4 is 37.7 Å². The van der Waals surface area contributed by atoms with E-state index in [1.165, 1.54) is 11.3 Å². The van der Waals surface area contributed by atoms with E-state index in [1.807, 2.05) is 47.8 Å². The van der Waals surface area contributed by atoms with Crippen molar-refractivity contribution in [3.63, 3.8) is 0 Å². The topological polar surface area (TPSA) is 63.7 Å². The first-order valence-corrected chi connectivity index (χ1v) is 11.6. The quantitative estimate of drug-likeness (QED) is 0.618. The van der Waals surface area contributed by atoms with E-state index in [0.717, 1.165) is 4.88 Å². The molecule has 0 saturated carbocycles. The number of ether oxygens (including phenoxy) is 1. The van der Waals surface area contributed by atoms with Gasteiger partial charge in [0.2, 0.25) is 5.76 Å². The van der Waals surface area contributed by atoms with Crippen molar-refractivity contribution < 1.29 is 17.9 Å². The maximum Gasteiger partial charge on any atom is 0.295 e. The molecule has 0 spiro atoms. The highest BCUT2D eigenvalue weighted by Gasteiger charge is 2.35. The van der Waals surface area contributed by atoms with Crippen LogP contribution in [0.1, 0.15) is 10.4 Å². The number of carbonyl (C=O) groups is 1. The molecule has 0 atom stereocenters. The predicted octanol–water partition coefficient (Wildman–Crippen LogP) is 4.10. The summed E-state index contributed by atoms with van der Waals surface area (Å²) < 4.78 is 31.4. The third kappa shape index (κ3) is 4.11. The molecule has 3 aromatic rings. The second kappa shape index (κ2) is 8.23. The van der Waals surface area contributed by atoms with E-state index in [9.17, 15) is 13.2 Å². The fourth-order valence-corrected chi connectivity index (χ4v) is 5.31. The molecule has 4 rings (SSSR count). The Balaban J connectivity index is 1.84. The van der Waals surface area contributed by atoms with Crippen molar-refractivity contribution in [1.82, 2.24) is 0 Å². The first-order valence-electron chi connectivity index (χ1n) is 9.11. The molecule has 0 radical (unpaired) electrons. The summed E-state index contributed by atoms with van der Waals surface area (Å²) >= 11 is 1.54. The fourth-order valence-electron chi connectivity index (χ4n) is 3.19. The first kappa shape index (κ1) is 19.4. The first-order chi connectivity index (χ1) is 14.1. The van der Waals surface area contributed by atoms with Gasteiger partial charge in [-0.05, 0) is 29.1 Å². The molecule has 1 aliphatic rings. The summed E-state index contributed by atoms with van der Waals surface area (Å²) in [7, 11) is -3.64. The van der Waals surface area contributed by atoms with Crippen LogP contribution >= 0.6 is 11.3 Å². The number of nitrogens with zero attached hydrogens (tertiary/aromatic N) is 1. The highest BCUT2D eigenvalue weighted by molar-refractivity contribution is 8.00. The van der Waals surface area contributed by atoms with Crippen LogP contribution in [0.3, 0.4) is 0 Å². The van der Waals surface area contributed by atoms with Crippen molar-refractivity contribution in [3.05, 3.63) is 94.4 Å². The number of amides is 1. The van der Waals surface area contributed by atoms with Crippen LogP contribution in [0.2, 0.25) is 0 Å². The van der Waals surface area contributed by atoms with Crippen molar-refractivity contribution in [2.24, 2.45) is 0 Å². The summed E-state index contributed by atoms with van der Waals surface area (Å²) in [6.07, 6.45) is 0. The highest BCUT2D eigenvalue weighted by atomic mass is 32.2. The lowest BCUT2D eigenvalue weighted by Crippen LogP contribution is -2.36. The number of rotatable bonds is 5. The van der Waals surface area contributed by atoms with Gasteiger partial charge in [0.1, 0.15) is 11.5 Å². The fraction of sp³-hybridized carbons (Fsp3) is 0.136. The number of para-hydroxylation sites is 1. The monoisotopic (exact) mass is 425 g/mol. The Hall–Kier alpha value is -2.90. The SMILES string of the molecule is O=C(C1=C(c2ccccc2)S(=O)(=O)CCO1)N(Cc1cccs1)c1ccccc1. The minimum absolute atomic E-state index is 0.0403. The molecular formula is C22H19NO4S2. The van der Waals surface area contributed by atoms with Gasteiger partial charge in [0.25, 0.3) is 5.91 Å². The molecule has 0 bridgehead atoms. The molecule has 0 saturated heterocycles. The third-order valence-electron chi connectivity index (χ3n) is 4.55. The molecule has 29 heavy (non-hydrogen) atoms. The van der Waals surface area contributed by atoms with Crippen molar-refractivity contribution in [3.8, 4) is 0 Å². The lowest BCUT2D eigenvalue weighted by atomic mass is 10.1. The summed E-state index contributed by atoms with van der Waals surface area (Å²) in [5.41, 5.74) is 1.14. The number of anilines is 1. The van der Waals surface area contributed by atoms with Gasteiger partial charge < -0.3 is 9.64 Å². The van der Waals surface area contributed by atoms with Crippen molar-refractivity contribution in [2.45, 2.75) is 6.54 Å².